The molecule has 0 saturated heterocycles. The van der Waals surface area contributed by atoms with Crippen LogP contribution in [0.15, 0.2) is 60.1 Å². The van der Waals surface area contributed by atoms with E-state index in [9.17, 15) is 13.7 Å². The van der Waals surface area contributed by atoms with Crippen molar-refractivity contribution in [2.24, 2.45) is 0 Å². The van der Waals surface area contributed by atoms with E-state index in [1.165, 1.54) is 6.33 Å². The van der Waals surface area contributed by atoms with Gasteiger partial charge in [-0.15, -0.1) is 0 Å². The SMILES string of the molecule is CS(=O)(=O)c1cccc(C(CC#N)n2cc(-c3ncnc4[nH]ccc34)cn2)c1. The van der Waals surface area contributed by atoms with Crippen LogP contribution in [-0.2, 0) is 9.84 Å². The average Bonchev–Trinajstić information content (AvgIpc) is 3.34. The molecule has 3 heterocycles. The van der Waals surface area contributed by atoms with Gasteiger partial charge < -0.3 is 4.98 Å². The van der Waals surface area contributed by atoms with Gasteiger partial charge in [0.25, 0.3) is 0 Å². The molecule has 1 aromatic carbocycles. The number of nitrogens with zero attached hydrogens (tertiary/aromatic N) is 5. The standard InChI is InChI=1S/C19H16N6O2S/c1-28(26,27)15-4-2-3-13(9-15)17(5-7-20)25-11-14(10-24-25)18-16-6-8-21-19(16)23-12-22-18/h2-4,6,8-12,17H,5H2,1H3,(H,21,22,23). The van der Waals surface area contributed by atoms with Gasteiger partial charge in [0.05, 0.1) is 35.3 Å². The van der Waals surface area contributed by atoms with Gasteiger partial charge in [-0.25, -0.2) is 18.4 Å². The Labute approximate surface area is 161 Å². The molecule has 28 heavy (non-hydrogen) atoms. The molecule has 8 nitrogen and oxygen atoms in total. The van der Waals surface area contributed by atoms with Gasteiger partial charge in [0.15, 0.2) is 9.84 Å². The Bertz CT molecular complexity index is 1300. The zero-order valence-corrected chi connectivity index (χ0v) is 15.8. The molecule has 0 amide bonds. The fraction of sp³-hybridized carbons (Fsp3) is 0.158. The molecule has 4 rings (SSSR count). The summed E-state index contributed by atoms with van der Waals surface area (Å²) in [4.78, 5) is 11.8. The van der Waals surface area contributed by atoms with Crippen LogP contribution in [0.5, 0.6) is 0 Å². The van der Waals surface area contributed by atoms with E-state index in [0.29, 0.717) is 5.56 Å². The first kappa shape index (κ1) is 17.9. The predicted octanol–water partition coefficient (Wildman–Crippen LogP) is 2.73. The van der Waals surface area contributed by atoms with Crippen molar-refractivity contribution in [1.82, 2.24) is 24.7 Å². The normalized spacial score (nSPS) is 12.7. The van der Waals surface area contributed by atoms with Gasteiger partial charge in [-0.05, 0) is 23.8 Å². The summed E-state index contributed by atoms with van der Waals surface area (Å²) in [6, 6.07) is 10.2. The average molecular weight is 392 g/mol. The Balaban J connectivity index is 1.77. The predicted molar refractivity (Wildman–Crippen MR) is 103 cm³/mol. The summed E-state index contributed by atoms with van der Waals surface area (Å²) in [5.74, 6) is 0. The number of rotatable bonds is 5. The fourth-order valence-electron chi connectivity index (χ4n) is 3.14. The van der Waals surface area contributed by atoms with Gasteiger partial charge in [0.1, 0.15) is 12.0 Å². The number of nitrogens with one attached hydrogen (secondary N) is 1. The molecule has 140 valence electrons. The Morgan fingerprint density at radius 3 is 2.93 bits per heavy atom. The monoisotopic (exact) mass is 392 g/mol. The summed E-state index contributed by atoms with van der Waals surface area (Å²) in [5.41, 5.74) is 2.95. The van der Waals surface area contributed by atoms with Crippen molar-refractivity contribution < 1.29 is 8.42 Å². The van der Waals surface area contributed by atoms with Crippen LogP contribution in [0.3, 0.4) is 0 Å². The van der Waals surface area contributed by atoms with Gasteiger partial charge in [-0.3, -0.25) is 4.68 Å². The highest BCUT2D eigenvalue weighted by atomic mass is 32.2. The maximum Gasteiger partial charge on any atom is 0.175 e. The number of H-pyrrole nitrogens is 1. The van der Waals surface area contributed by atoms with Gasteiger partial charge in [-0.2, -0.15) is 10.4 Å². The molecule has 0 bridgehead atoms. The van der Waals surface area contributed by atoms with Crippen LogP contribution in [0.1, 0.15) is 18.0 Å². The van der Waals surface area contributed by atoms with Crippen molar-refractivity contribution in [3.05, 3.63) is 60.8 Å². The lowest BCUT2D eigenvalue weighted by Gasteiger charge is -2.15. The number of sulfone groups is 1. The van der Waals surface area contributed by atoms with Gasteiger partial charge in [0.2, 0.25) is 0 Å². The van der Waals surface area contributed by atoms with E-state index >= 15 is 0 Å². The second-order valence-electron chi connectivity index (χ2n) is 6.39. The number of nitriles is 1. The maximum atomic E-state index is 11.9. The lowest BCUT2D eigenvalue weighted by molar-refractivity contribution is 0.531. The summed E-state index contributed by atoms with van der Waals surface area (Å²) in [7, 11) is -3.34. The van der Waals surface area contributed by atoms with Gasteiger partial charge in [0, 0.05) is 29.6 Å². The van der Waals surface area contributed by atoms with E-state index in [0.717, 1.165) is 28.5 Å². The zero-order valence-electron chi connectivity index (χ0n) is 14.9. The van der Waals surface area contributed by atoms with E-state index < -0.39 is 15.9 Å². The van der Waals surface area contributed by atoms with Crippen LogP contribution in [-0.4, -0.2) is 39.4 Å². The summed E-state index contributed by atoms with van der Waals surface area (Å²) in [6.07, 6.45) is 8.08. The fourth-order valence-corrected chi connectivity index (χ4v) is 3.81. The number of fused-ring (bicyclic) bond motifs is 1. The van der Waals surface area contributed by atoms with Crippen LogP contribution in [0.4, 0.5) is 0 Å². The molecular formula is C19H16N6O2S. The van der Waals surface area contributed by atoms with Crippen molar-refractivity contribution in [3.8, 4) is 17.3 Å². The van der Waals surface area contributed by atoms with Gasteiger partial charge in [-0.1, -0.05) is 12.1 Å². The van der Waals surface area contributed by atoms with Crippen molar-refractivity contribution >= 4 is 20.9 Å². The third-order valence-corrected chi connectivity index (χ3v) is 5.61. The van der Waals surface area contributed by atoms with Crippen LogP contribution in [0.2, 0.25) is 0 Å². The van der Waals surface area contributed by atoms with E-state index in [2.05, 4.69) is 26.1 Å². The van der Waals surface area contributed by atoms with E-state index in [1.54, 1.807) is 41.3 Å². The van der Waals surface area contributed by atoms with Crippen LogP contribution in [0, 0.1) is 11.3 Å². The van der Waals surface area contributed by atoms with E-state index in [4.69, 9.17) is 0 Å². The third kappa shape index (κ3) is 3.25. The van der Waals surface area contributed by atoms with Crippen LogP contribution in [0.25, 0.3) is 22.3 Å². The van der Waals surface area contributed by atoms with Gasteiger partial charge >= 0.3 is 0 Å². The minimum absolute atomic E-state index is 0.150. The first-order valence-electron chi connectivity index (χ1n) is 8.47. The van der Waals surface area contributed by atoms with Crippen molar-refractivity contribution in [2.75, 3.05) is 6.26 Å². The molecule has 9 heteroatoms. The van der Waals surface area contributed by atoms with E-state index in [-0.39, 0.29) is 11.3 Å². The summed E-state index contributed by atoms with van der Waals surface area (Å²) in [6.45, 7) is 0. The molecule has 0 aliphatic rings. The maximum absolute atomic E-state index is 11.9. The number of benzene rings is 1. The lowest BCUT2D eigenvalue weighted by Crippen LogP contribution is -2.11. The minimum atomic E-state index is -3.34. The molecule has 4 aromatic rings. The van der Waals surface area contributed by atoms with Crippen molar-refractivity contribution in [3.63, 3.8) is 0 Å². The first-order chi connectivity index (χ1) is 13.5. The number of aromatic amines is 1. The molecule has 0 saturated carbocycles. The summed E-state index contributed by atoms with van der Waals surface area (Å²) in [5, 5.41) is 14.6. The highest BCUT2D eigenvalue weighted by Gasteiger charge is 2.19. The zero-order chi connectivity index (χ0) is 19.7. The second kappa shape index (κ2) is 6.90. The first-order valence-corrected chi connectivity index (χ1v) is 10.4. The Morgan fingerprint density at radius 2 is 2.14 bits per heavy atom. The Hall–Kier alpha value is -3.51. The highest BCUT2D eigenvalue weighted by Crippen LogP contribution is 2.28. The molecule has 1 atom stereocenters. The minimum Gasteiger partial charge on any atom is -0.346 e. The molecule has 1 unspecified atom stereocenters. The Kier molecular flexibility index (Phi) is 4.41. The third-order valence-electron chi connectivity index (χ3n) is 4.50. The molecule has 0 aliphatic carbocycles. The molecule has 1 N–H and O–H groups in total. The summed E-state index contributed by atoms with van der Waals surface area (Å²) < 4.78 is 25.4. The number of aromatic nitrogens is 5. The van der Waals surface area contributed by atoms with Crippen molar-refractivity contribution in [2.45, 2.75) is 17.4 Å². The number of hydrogen-bond acceptors (Lipinski definition) is 6. The van der Waals surface area contributed by atoms with Crippen molar-refractivity contribution in [1.29, 1.82) is 5.26 Å². The molecule has 0 spiro atoms. The van der Waals surface area contributed by atoms with E-state index in [1.807, 2.05) is 12.3 Å². The Morgan fingerprint density at radius 1 is 1.29 bits per heavy atom. The van der Waals surface area contributed by atoms with Crippen LogP contribution >= 0.6 is 0 Å². The smallest absolute Gasteiger partial charge is 0.175 e. The molecular weight excluding hydrogens is 376 g/mol. The molecule has 0 aliphatic heterocycles. The number of hydrogen-bond donors (Lipinski definition) is 1. The summed E-state index contributed by atoms with van der Waals surface area (Å²) >= 11 is 0. The lowest BCUT2D eigenvalue weighted by atomic mass is 10.0. The molecule has 0 radical (unpaired) electrons. The largest absolute Gasteiger partial charge is 0.346 e. The second-order valence-corrected chi connectivity index (χ2v) is 8.41. The molecule has 3 aromatic heterocycles. The topological polar surface area (TPSA) is 117 Å². The highest BCUT2D eigenvalue weighted by molar-refractivity contribution is 7.90. The van der Waals surface area contributed by atoms with Crippen LogP contribution < -0.4 is 0 Å². The quantitative estimate of drug-likeness (QED) is 0.558. The molecule has 0 fully saturated rings.